The van der Waals surface area contributed by atoms with Gasteiger partial charge in [-0.3, -0.25) is 4.79 Å². The molecule has 1 heterocycles. The van der Waals surface area contributed by atoms with E-state index >= 15 is 0 Å². The third kappa shape index (κ3) is 3.62. The molecule has 1 N–H and O–H groups in total. The molecule has 2 aromatic rings. The van der Waals surface area contributed by atoms with Crippen molar-refractivity contribution in [3.63, 3.8) is 0 Å². The topological polar surface area (TPSA) is 64.4 Å². The van der Waals surface area contributed by atoms with Crippen molar-refractivity contribution in [2.75, 3.05) is 6.61 Å². The van der Waals surface area contributed by atoms with Crippen LogP contribution < -0.4 is 4.74 Å². The summed E-state index contributed by atoms with van der Waals surface area (Å²) in [6.45, 7) is 7.09. The van der Waals surface area contributed by atoms with Gasteiger partial charge in [0.25, 0.3) is 0 Å². The van der Waals surface area contributed by atoms with Gasteiger partial charge in [-0.15, -0.1) is 6.58 Å². The van der Waals surface area contributed by atoms with Crippen molar-refractivity contribution in [1.29, 1.82) is 0 Å². The fourth-order valence-corrected chi connectivity index (χ4v) is 2.21. The summed E-state index contributed by atoms with van der Waals surface area (Å²) in [7, 11) is 0. The molecular weight excluding hydrogens is 268 g/mol. The SMILES string of the molecule is C=CCn1c(CCC(=O)O)nc2cc(OCCC)ccc21. The standard InChI is InChI=1S/C16H20N2O3/c1-3-9-18-14-6-5-12(21-10-4-2)11-13(14)17-15(18)7-8-16(19)20/h3,5-6,11H,1,4,7-10H2,2H3,(H,19,20). The predicted molar refractivity (Wildman–Crippen MR) is 81.7 cm³/mol. The Hall–Kier alpha value is -2.30. The van der Waals surface area contributed by atoms with Crippen LogP contribution in [0.15, 0.2) is 30.9 Å². The Labute approximate surface area is 123 Å². The van der Waals surface area contributed by atoms with E-state index in [0.29, 0.717) is 19.6 Å². The van der Waals surface area contributed by atoms with E-state index in [-0.39, 0.29) is 6.42 Å². The Kier molecular flexibility index (Phi) is 4.98. The summed E-state index contributed by atoms with van der Waals surface area (Å²) in [6, 6.07) is 5.77. The minimum atomic E-state index is -0.820. The van der Waals surface area contributed by atoms with Crippen molar-refractivity contribution < 1.29 is 14.6 Å². The number of ether oxygens (including phenoxy) is 1. The summed E-state index contributed by atoms with van der Waals surface area (Å²) in [6.07, 6.45) is 3.21. The van der Waals surface area contributed by atoms with Crippen LogP contribution in [-0.2, 0) is 17.8 Å². The molecule has 0 saturated heterocycles. The number of hydrogen-bond donors (Lipinski definition) is 1. The number of carboxylic acid groups (broad SMARTS) is 1. The molecule has 0 spiro atoms. The van der Waals surface area contributed by atoms with Gasteiger partial charge in [-0.25, -0.2) is 4.98 Å². The predicted octanol–water partition coefficient (Wildman–Crippen LogP) is 3.03. The largest absolute Gasteiger partial charge is 0.494 e. The molecule has 5 heteroatoms. The van der Waals surface area contributed by atoms with Crippen LogP contribution in [0, 0.1) is 0 Å². The normalized spacial score (nSPS) is 10.7. The highest BCUT2D eigenvalue weighted by Crippen LogP contribution is 2.23. The molecule has 2 rings (SSSR count). The summed E-state index contributed by atoms with van der Waals surface area (Å²) in [5.41, 5.74) is 1.80. The number of hydrogen-bond acceptors (Lipinski definition) is 3. The fraction of sp³-hybridized carbons (Fsp3) is 0.375. The van der Waals surface area contributed by atoms with Crippen LogP contribution in [0.3, 0.4) is 0 Å². The number of carboxylic acids is 1. The Morgan fingerprint density at radius 3 is 3.00 bits per heavy atom. The number of nitrogens with zero attached hydrogens (tertiary/aromatic N) is 2. The van der Waals surface area contributed by atoms with E-state index in [1.807, 2.05) is 22.8 Å². The number of aromatic nitrogens is 2. The lowest BCUT2D eigenvalue weighted by Gasteiger charge is -2.06. The van der Waals surface area contributed by atoms with Crippen LogP contribution in [0.1, 0.15) is 25.6 Å². The second-order valence-corrected chi connectivity index (χ2v) is 4.82. The second-order valence-electron chi connectivity index (χ2n) is 4.82. The number of aliphatic carboxylic acids is 1. The van der Waals surface area contributed by atoms with E-state index in [0.717, 1.165) is 29.0 Å². The van der Waals surface area contributed by atoms with Gasteiger partial charge in [-0.2, -0.15) is 0 Å². The smallest absolute Gasteiger partial charge is 0.303 e. The molecule has 0 saturated carbocycles. The number of carbonyl (C=O) groups is 1. The number of fused-ring (bicyclic) bond motifs is 1. The van der Waals surface area contributed by atoms with Gasteiger partial charge in [-0.05, 0) is 18.6 Å². The lowest BCUT2D eigenvalue weighted by Crippen LogP contribution is -2.05. The molecular formula is C16H20N2O3. The van der Waals surface area contributed by atoms with Gasteiger partial charge in [0.15, 0.2) is 0 Å². The maximum atomic E-state index is 10.8. The minimum Gasteiger partial charge on any atom is -0.494 e. The highest BCUT2D eigenvalue weighted by Gasteiger charge is 2.12. The highest BCUT2D eigenvalue weighted by atomic mass is 16.5. The molecule has 0 aliphatic carbocycles. The number of rotatable bonds is 8. The van der Waals surface area contributed by atoms with Gasteiger partial charge in [0, 0.05) is 19.0 Å². The summed E-state index contributed by atoms with van der Waals surface area (Å²) < 4.78 is 7.60. The van der Waals surface area contributed by atoms with Crippen molar-refractivity contribution in [2.45, 2.75) is 32.7 Å². The average Bonchev–Trinajstić information content (AvgIpc) is 2.80. The first kappa shape index (κ1) is 15.1. The molecule has 21 heavy (non-hydrogen) atoms. The van der Waals surface area contributed by atoms with Crippen molar-refractivity contribution >= 4 is 17.0 Å². The highest BCUT2D eigenvalue weighted by molar-refractivity contribution is 5.78. The van der Waals surface area contributed by atoms with Crippen molar-refractivity contribution in [3.8, 4) is 5.75 Å². The molecule has 0 atom stereocenters. The minimum absolute atomic E-state index is 0.0691. The van der Waals surface area contributed by atoms with Gasteiger partial charge in [0.2, 0.25) is 0 Å². The molecule has 0 fully saturated rings. The molecule has 0 aliphatic heterocycles. The maximum absolute atomic E-state index is 10.8. The molecule has 0 bridgehead atoms. The van der Waals surface area contributed by atoms with Gasteiger partial charge in [0.05, 0.1) is 24.1 Å². The van der Waals surface area contributed by atoms with Gasteiger partial charge >= 0.3 is 5.97 Å². The Balaban J connectivity index is 2.35. The third-order valence-corrected chi connectivity index (χ3v) is 3.15. The van der Waals surface area contributed by atoms with E-state index < -0.39 is 5.97 Å². The summed E-state index contributed by atoms with van der Waals surface area (Å²) in [5.74, 6) is 0.733. The Morgan fingerprint density at radius 2 is 2.33 bits per heavy atom. The zero-order valence-electron chi connectivity index (χ0n) is 12.2. The van der Waals surface area contributed by atoms with E-state index in [2.05, 4.69) is 18.5 Å². The van der Waals surface area contributed by atoms with Gasteiger partial charge in [-0.1, -0.05) is 13.0 Å². The first-order chi connectivity index (χ1) is 10.2. The zero-order valence-corrected chi connectivity index (χ0v) is 12.2. The van der Waals surface area contributed by atoms with Crippen molar-refractivity contribution in [1.82, 2.24) is 9.55 Å². The zero-order chi connectivity index (χ0) is 15.2. The van der Waals surface area contributed by atoms with E-state index in [9.17, 15) is 4.79 Å². The molecule has 1 aromatic heterocycles. The number of allylic oxidation sites excluding steroid dienone is 1. The third-order valence-electron chi connectivity index (χ3n) is 3.15. The van der Waals surface area contributed by atoms with Crippen LogP contribution >= 0.6 is 0 Å². The number of benzene rings is 1. The van der Waals surface area contributed by atoms with E-state index in [1.165, 1.54) is 0 Å². The van der Waals surface area contributed by atoms with Crippen molar-refractivity contribution in [3.05, 3.63) is 36.7 Å². The lowest BCUT2D eigenvalue weighted by molar-refractivity contribution is -0.137. The van der Waals surface area contributed by atoms with E-state index in [4.69, 9.17) is 9.84 Å². The monoisotopic (exact) mass is 288 g/mol. The molecule has 0 aliphatic rings. The quantitative estimate of drug-likeness (QED) is 0.758. The molecule has 5 nitrogen and oxygen atoms in total. The van der Waals surface area contributed by atoms with Crippen LogP contribution in [0.25, 0.3) is 11.0 Å². The second kappa shape index (κ2) is 6.92. The first-order valence-corrected chi connectivity index (χ1v) is 7.10. The molecule has 0 amide bonds. The number of imidazole rings is 1. The Morgan fingerprint density at radius 1 is 1.52 bits per heavy atom. The fourth-order valence-electron chi connectivity index (χ4n) is 2.21. The molecule has 0 radical (unpaired) electrons. The lowest BCUT2D eigenvalue weighted by atomic mass is 10.3. The van der Waals surface area contributed by atoms with Gasteiger partial charge < -0.3 is 14.4 Å². The molecule has 1 aromatic carbocycles. The first-order valence-electron chi connectivity index (χ1n) is 7.10. The number of aryl methyl sites for hydroxylation is 1. The van der Waals surface area contributed by atoms with Crippen LogP contribution in [0.2, 0.25) is 0 Å². The van der Waals surface area contributed by atoms with Gasteiger partial charge in [0.1, 0.15) is 11.6 Å². The molecule has 112 valence electrons. The van der Waals surface area contributed by atoms with Crippen LogP contribution in [-0.4, -0.2) is 27.2 Å². The summed E-state index contributed by atoms with van der Waals surface area (Å²) in [5, 5.41) is 8.83. The average molecular weight is 288 g/mol. The van der Waals surface area contributed by atoms with Crippen LogP contribution in [0.5, 0.6) is 5.75 Å². The summed E-state index contributed by atoms with van der Waals surface area (Å²) in [4.78, 5) is 15.3. The molecule has 0 unspecified atom stereocenters. The summed E-state index contributed by atoms with van der Waals surface area (Å²) >= 11 is 0. The van der Waals surface area contributed by atoms with Crippen LogP contribution in [0.4, 0.5) is 0 Å². The van der Waals surface area contributed by atoms with E-state index in [1.54, 1.807) is 6.08 Å². The Bertz CT molecular complexity index is 646. The maximum Gasteiger partial charge on any atom is 0.303 e. The van der Waals surface area contributed by atoms with Crippen molar-refractivity contribution in [2.24, 2.45) is 0 Å².